The number of unbranched alkanes of at least 4 members (excludes halogenated alkanes) is 5. The molecular formula is C24H34O3Si. The average Bonchev–Trinajstić information content (AvgIpc) is 2.71. The van der Waals surface area contributed by atoms with Gasteiger partial charge in [-0.25, -0.2) is 0 Å². The molecule has 1 aromatic carbocycles. The average molecular weight is 399 g/mol. The molecule has 3 rings (SSSR count). The summed E-state index contributed by atoms with van der Waals surface area (Å²) in [6.45, 7) is 2.60. The van der Waals surface area contributed by atoms with Crippen LogP contribution in [0.5, 0.6) is 0 Å². The number of hydrogen-bond donors (Lipinski definition) is 0. The molecule has 1 unspecified atom stereocenters. The van der Waals surface area contributed by atoms with Gasteiger partial charge in [-0.1, -0.05) is 107 Å². The van der Waals surface area contributed by atoms with E-state index in [0.29, 0.717) is 12.0 Å². The van der Waals surface area contributed by atoms with Crippen LogP contribution in [0.3, 0.4) is 0 Å². The molecule has 1 saturated heterocycles. The van der Waals surface area contributed by atoms with E-state index in [-0.39, 0.29) is 11.3 Å². The van der Waals surface area contributed by atoms with Crippen molar-refractivity contribution in [2.24, 2.45) is 5.92 Å². The first-order chi connectivity index (χ1) is 13.5. The van der Waals surface area contributed by atoms with Gasteiger partial charge in [0.2, 0.25) is 11.6 Å². The molecule has 0 amide bonds. The topological polar surface area (TPSA) is 51.2 Å². The lowest BCUT2D eigenvalue weighted by Gasteiger charge is -2.31. The summed E-state index contributed by atoms with van der Waals surface area (Å²) in [5.41, 5.74) is 0.710. The van der Waals surface area contributed by atoms with Crippen molar-refractivity contribution >= 4 is 25.4 Å². The third kappa shape index (κ3) is 5.08. The second kappa shape index (κ2) is 9.77. The van der Waals surface area contributed by atoms with Gasteiger partial charge in [-0.3, -0.25) is 14.4 Å². The number of hydrogen-bond acceptors (Lipinski definition) is 3. The van der Waals surface area contributed by atoms with Gasteiger partial charge in [0.15, 0.2) is 5.78 Å². The maximum absolute atomic E-state index is 12.6. The summed E-state index contributed by atoms with van der Waals surface area (Å²) in [5.74, 6) is -1.90. The molecule has 0 bridgehead atoms. The molecule has 0 saturated carbocycles. The number of Topliss-reactive ketones (excluding diaryl/α,β-unsaturated/α-hetero) is 3. The molecule has 152 valence electrons. The van der Waals surface area contributed by atoms with Crippen LogP contribution in [-0.2, 0) is 4.79 Å². The van der Waals surface area contributed by atoms with Crippen LogP contribution in [-0.4, -0.2) is 25.4 Å². The maximum atomic E-state index is 12.6. The Kier molecular flexibility index (Phi) is 7.39. The Morgan fingerprint density at radius 2 is 1.39 bits per heavy atom. The Hall–Kier alpha value is -1.55. The Morgan fingerprint density at radius 3 is 2.11 bits per heavy atom. The smallest absolute Gasteiger partial charge is 0.230 e. The molecule has 0 radical (unpaired) electrons. The zero-order valence-corrected chi connectivity index (χ0v) is 18.3. The van der Waals surface area contributed by atoms with E-state index in [1.54, 1.807) is 24.3 Å². The van der Waals surface area contributed by atoms with Crippen molar-refractivity contribution in [3.63, 3.8) is 0 Å². The van der Waals surface area contributed by atoms with Crippen LogP contribution in [0.15, 0.2) is 24.3 Å². The van der Waals surface area contributed by atoms with Gasteiger partial charge in [-0.05, 0) is 6.42 Å². The summed E-state index contributed by atoms with van der Waals surface area (Å²) < 4.78 is 0. The fraction of sp³-hybridized carbons (Fsp3) is 0.625. The quantitative estimate of drug-likeness (QED) is 0.214. The van der Waals surface area contributed by atoms with Gasteiger partial charge in [-0.2, -0.15) is 0 Å². The fourth-order valence-corrected chi connectivity index (χ4v) is 9.08. The fourth-order valence-electron chi connectivity index (χ4n) is 5.02. The van der Waals surface area contributed by atoms with Crippen LogP contribution in [0.25, 0.3) is 0 Å². The SMILES string of the molecule is C[Si]1(CCCCCCCCC2C(=O)C(=O)c3ccccc3C2=O)CCCCC1. The van der Waals surface area contributed by atoms with Crippen molar-refractivity contribution in [2.45, 2.75) is 88.9 Å². The zero-order valence-electron chi connectivity index (χ0n) is 17.3. The van der Waals surface area contributed by atoms with Gasteiger partial charge in [0.1, 0.15) is 0 Å². The second-order valence-corrected chi connectivity index (χ2v) is 14.3. The Bertz CT molecular complexity index is 718. The summed E-state index contributed by atoms with van der Waals surface area (Å²) in [5, 5.41) is 0. The number of rotatable bonds is 9. The van der Waals surface area contributed by atoms with Crippen LogP contribution in [0, 0.1) is 5.92 Å². The number of benzene rings is 1. The Labute approximate surface area is 170 Å². The standard InChI is InChI=1S/C24H34O3Si/c1-28(17-11-6-12-18-28)16-10-5-3-2-4-7-15-21-22(25)19-13-8-9-14-20(19)23(26)24(21)27/h8-9,13-14,21H,2-7,10-12,15-18H2,1H3. The van der Waals surface area contributed by atoms with Crippen molar-refractivity contribution in [3.05, 3.63) is 35.4 Å². The molecule has 2 aliphatic rings. The Morgan fingerprint density at radius 1 is 0.786 bits per heavy atom. The number of fused-ring (bicyclic) bond motifs is 1. The molecule has 0 aromatic heterocycles. The summed E-state index contributed by atoms with van der Waals surface area (Å²) in [4.78, 5) is 37.1. The minimum atomic E-state index is -0.892. The lowest BCUT2D eigenvalue weighted by atomic mass is 9.78. The highest BCUT2D eigenvalue weighted by Gasteiger charge is 2.39. The summed E-state index contributed by atoms with van der Waals surface area (Å²) in [6.07, 6.45) is 11.9. The number of carbonyl (C=O) groups is 3. The highest BCUT2D eigenvalue weighted by Crippen LogP contribution is 2.33. The molecule has 1 aromatic rings. The molecule has 4 heteroatoms. The lowest BCUT2D eigenvalue weighted by molar-refractivity contribution is -0.117. The third-order valence-electron chi connectivity index (χ3n) is 6.88. The number of carbonyl (C=O) groups excluding carboxylic acids is 3. The van der Waals surface area contributed by atoms with Gasteiger partial charge in [0, 0.05) is 11.1 Å². The second-order valence-electron chi connectivity index (χ2n) is 9.19. The first-order valence-corrected chi connectivity index (χ1v) is 14.4. The summed E-state index contributed by atoms with van der Waals surface area (Å²) in [6, 6.07) is 11.3. The van der Waals surface area contributed by atoms with Crippen molar-refractivity contribution in [2.75, 3.05) is 0 Å². The predicted octanol–water partition coefficient (Wildman–Crippen LogP) is 6.24. The molecular weight excluding hydrogens is 364 g/mol. The lowest BCUT2D eigenvalue weighted by Crippen LogP contribution is -2.36. The minimum Gasteiger partial charge on any atom is -0.293 e. The van der Waals surface area contributed by atoms with E-state index >= 15 is 0 Å². The van der Waals surface area contributed by atoms with Gasteiger partial charge < -0.3 is 0 Å². The van der Waals surface area contributed by atoms with E-state index in [2.05, 4.69) is 6.55 Å². The minimum absolute atomic E-state index is 0.161. The first kappa shape index (κ1) is 21.2. The molecule has 1 aliphatic carbocycles. The van der Waals surface area contributed by atoms with E-state index in [0.717, 1.165) is 19.3 Å². The van der Waals surface area contributed by atoms with Crippen LogP contribution in [0.4, 0.5) is 0 Å². The van der Waals surface area contributed by atoms with Gasteiger partial charge >= 0.3 is 0 Å². The molecule has 1 heterocycles. The zero-order chi connectivity index (χ0) is 20.0. The van der Waals surface area contributed by atoms with Crippen LogP contribution in [0.2, 0.25) is 24.7 Å². The van der Waals surface area contributed by atoms with Gasteiger partial charge in [-0.15, -0.1) is 0 Å². The highest BCUT2D eigenvalue weighted by molar-refractivity contribution is 6.78. The molecule has 28 heavy (non-hydrogen) atoms. The van der Waals surface area contributed by atoms with E-state index in [1.807, 2.05) is 0 Å². The van der Waals surface area contributed by atoms with E-state index in [9.17, 15) is 14.4 Å². The highest BCUT2D eigenvalue weighted by atomic mass is 28.3. The van der Waals surface area contributed by atoms with E-state index in [4.69, 9.17) is 0 Å². The summed E-state index contributed by atoms with van der Waals surface area (Å²) >= 11 is 0. The van der Waals surface area contributed by atoms with Crippen LogP contribution in [0.1, 0.15) is 84.9 Å². The molecule has 0 spiro atoms. The molecule has 1 atom stereocenters. The van der Waals surface area contributed by atoms with E-state index < -0.39 is 25.6 Å². The van der Waals surface area contributed by atoms with Gasteiger partial charge in [0.25, 0.3) is 0 Å². The normalized spacial score (nSPS) is 21.6. The van der Waals surface area contributed by atoms with Crippen LogP contribution < -0.4 is 0 Å². The molecule has 1 aliphatic heterocycles. The molecule has 3 nitrogen and oxygen atoms in total. The monoisotopic (exact) mass is 398 g/mol. The molecule has 1 fully saturated rings. The number of ketones is 3. The Balaban J connectivity index is 1.34. The first-order valence-electron chi connectivity index (χ1n) is 11.2. The van der Waals surface area contributed by atoms with Crippen LogP contribution >= 0.6 is 0 Å². The largest absolute Gasteiger partial charge is 0.293 e. The van der Waals surface area contributed by atoms with E-state index in [1.165, 1.54) is 56.7 Å². The third-order valence-corrected chi connectivity index (χ3v) is 11.6. The van der Waals surface area contributed by atoms with Crippen molar-refractivity contribution in [1.29, 1.82) is 0 Å². The molecule has 0 N–H and O–H groups in total. The maximum Gasteiger partial charge on any atom is 0.230 e. The summed E-state index contributed by atoms with van der Waals surface area (Å²) in [7, 11) is -0.892. The van der Waals surface area contributed by atoms with Crippen molar-refractivity contribution in [3.8, 4) is 0 Å². The van der Waals surface area contributed by atoms with Gasteiger partial charge in [0.05, 0.1) is 14.0 Å². The predicted molar refractivity (Wildman–Crippen MR) is 116 cm³/mol. The van der Waals surface area contributed by atoms with Crippen molar-refractivity contribution < 1.29 is 14.4 Å². The van der Waals surface area contributed by atoms with Crippen molar-refractivity contribution in [1.82, 2.24) is 0 Å².